The monoisotopic (exact) mass is 660 g/mol. The number of fused-ring (bicyclic) bond motifs is 8. The maximum absolute atomic E-state index is 6.40. The lowest BCUT2D eigenvalue weighted by Crippen LogP contribution is -2.37. The molecule has 0 unspecified atom stereocenters. The minimum atomic E-state index is -0.618. The van der Waals surface area contributed by atoms with Crippen molar-refractivity contribution in [3.63, 3.8) is 0 Å². The number of halogens is 4. The molecule has 2 nitrogen and oxygen atoms in total. The van der Waals surface area contributed by atoms with E-state index in [-0.39, 0.29) is 0 Å². The lowest BCUT2D eigenvalue weighted by atomic mass is 9.62. The molecule has 0 radical (unpaired) electrons. The summed E-state index contributed by atoms with van der Waals surface area (Å²) in [6, 6.07) is 24.8. The van der Waals surface area contributed by atoms with Gasteiger partial charge in [0.2, 0.25) is 0 Å². The van der Waals surface area contributed by atoms with Gasteiger partial charge >= 0.3 is 0 Å². The van der Waals surface area contributed by atoms with Crippen LogP contribution in [0.15, 0.2) is 90.7 Å². The van der Waals surface area contributed by atoms with Gasteiger partial charge in [0, 0.05) is 40.1 Å². The predicted octanol–water partition coefficient (Wildman–Crippen LogP) is 9.33. The van der Waals surface area contributed by atoms with E-state index < -0.39 is 5.41 Å². The van der Waals surface area contributed by atoms with E-state index in [0.29, 0.717) is 0 Å². The van der Waals surface area contributed by atoms with Gasteiger partial charge in [-0.05, 0) is 72.8 Å². The molecule has 0 aliphatic carbocycles. The summed E-state index contributed by atoms with van der Waals surface area (Å²) in [5.74, 6) is 3.32. The summed E-state index contributed by atoms with van der Waals surface area (Å²) in [5, 5.41) is 0. The minimum absolute atomic E-state index is 0.618. The molecule has 152 valence electrons. The number of ether oxygens (including phenoxy) is 2. The summed E-state index contributed by atoms with van der Waals surface area (Å²) in [6.45, 7) is 0. The molecule has 0 saturated heterocycles. The highest BCUT2D eigenvalue weighted by atomic mass is 79.9. The molecule has 6 heteroatoms. The zero-order chi connectivity index (χ0) is 21.3. The van der Waals surface area contributed by atoms with Crippen molar-refractivity contribution in [1.29, 1.82) is 0 Å². The quantitative estimate of drug-likeness (QED) is 0.161. The lowest BCUT2D eigenvalue weighted by Gasteiger charge is -2.45. The summed E-state index contributed by atoms with van der Waals surface area (Å²) >= 11 is 14.8. The first-order valence-corrected chi connectivity index (χ1v) is 12.7. The van der Waals surface area contributed by atoms with Gasteiger partial charge in [-0.25, -0.2) is 0 Å². The van der Waals surface area contributed by atoms with Crippen LogP contribution in [0, 0.1) is 0 Å². The van der Waals surface area contributed by atoms with Crippen LogP contribution in [0.25, 0.3) is 0 Å². The van der Waals surface area contributed by atoms with E-state index in [1.807, 2.05) is 48.5 Å². The van der Waals surface area contributed by atoms with Gasteiger partial charge in [-0.2, -0.15) is 0 Å². The zero-order valence-electron chi connectivity index (χ0n) is 15.8. The molecule has 31 heavy (non-hydrogen) atoms. The Kier molecular flexibility index (Phi) is 4.66. The second kappa shape index (κ2) is 7.20. The van der Waals surface area contributed by atoms with Crippen molar-refractivity contribution < 1.29 is 9.47 Å². The van der Waals surface area contributed by atoms with Gasteiger partial charge in [-0.1, -0.05) is 63.7 Å². The Morgan fingerprint density at radius 3 is 0.935 bits per heavy atom. The summed E-state index contributed by atoms with van der Waals surface area (Å²) in [4.78, 5) is 0. The van der Waals surface area contributed by atoms with Crippen LogP contribution in [0.4, 0.5) is 0 Å². The number of rotatable bonds is 0. The Morgan fingerprint density at radius 2 is 0.677 bits per heavy atom. The van der Waals surface area contributed by atoms with Gasteiger partial charge in [0.1, 0.15) is 23.0 Å². The zero-order valence-corrected chi connectivity index (χ0v) is 22.1. The van der Waals surface area contributed by atoms with Crippen LogP contribution in [0.3, 0.4) is 0 Å². The smallest absolute Gasteiger partial charge is 0.132 e. The Hall–Kier alpha value is -1.60. The molecule has 6 rings (SSSR count). The Bertz CT molecular complexity index is 1180. The van der Waals surface area contributed by atoms with Crippen molar-refractivity contribution in [3.05, 3.63) is 113 Å². The van der Waals surface area contributed by atoms with Crippen molar-refractivity contribution in [2.75, 3.05) is 0 Å². The van der Waals surface area contributed by atoms with Gasteiger partial charge in [-0.3, -0.25) is 0 Å². The third kappa shape index (κ3) is 2.92. The fourth-order valence-electron chi connectivity index (χ4n) is 4.64. The topological polar surface area (TPSA) is 18.5 Å². The van der Waals surface area contributed by atoms with E-state index >= 15 is 0 Å². The molecule has 0 N–H and O–H groups in total. The molecule has 0 bridgehead atoms. The molecule has 0 aromatic heterocycles. The molecular formula is C25H12Br4O2. The summed E-state index contributed by atoms with van der Waals surface area (Å²) in [6.07, 6.45) is 0. The van der Waals surface area contributed by atoms with Gasteiger partial charge in [0.15, 0.2) is 0 Å². The van der Waals surface area contributed by atoms with Crippen molar-refractivity contribution in [1.82, 2.24) is 0 Å². The molecule has 1 spiro atoms. The maximum atomic E-state index is 6.40. The second-order valence-corrected chi connectivity index (χ2v) is 11.2. The van der Waals surface area contributed by atoms with Crippen molar-refractivity contribution >= 4 is 63.7 Å². The van der Waals surface area contributed by atoms with Gasteiger partial charge < -0.3 is 9.47 Å². The van der Waals surface area contributed by atoms with Gasteiger partial charge in [0.25, 0.3) is 0 Å². The first-order valence-electron chi connectivity index (χ1n) is 9.52. The van der Waals surface area contributed by atoms with Crippen molar-refractivity contribution in [2.45, 2.75) is 5.41 Å². The van der Waals surface area contributed by atoms with Crippen molar-refractivity contribution in [3.8, 4) is 23.0 Å². The Labute approximate surface area is 213 Å². The van der Waals surface area contributed by atoms with E-state index in [0.717, 1.165) is 63.1 Å². The molecule has 0 saturated carbocycles. The summed E-state index contributed by atoms with van der Waals surface area (Å²) in [5.41, 5.74) is 3.64. The molecule has 2 aliphatic heterocycles. The van der Waals surface area contributed by atoms with Crippen LogP contribution < -0.4 is 9.47 Å². The average molecular weight is 664 g/mol. The van der Waals surface area contributed by atoms with E-state index in [2.05, 4.69) is 88.0 Å². The standard InChI is InChI=1S/C25H12Br4O2/c26-13-1-5-21-17(9-13)25(18-10-14(27)2-6-22(18)30-21)19-11-15(28)3-7-23(19)31-24-8-4-16(29)12-20(24)25/h1-12H. The van der Waals surface area contributed by atoms with Crippen LogP contribution in [0.1, 0.15) is 22.3 Å². The molecule has 4 aromatic rings. The highest BCUT2D eigenvalue weighted by molar-refractivity contribution is 9.11. The number of hydrogen-bond donors (Lipinski definition) is 0. The maximum Gasteiger partial charge on any atom is 0.132 e. The number of benzene rings is 4. The lowest BCUT2D eigenvalue weighted by molar-refractivity contribution is 0.399. The SMILES string of the molecule is Brc1ccc2c(c1)C1(c3cc(Br)ccc3O2)c2cc(Br)ccc2Oc2ccc(Br)cc21. The van der Waals surface area contributed by atoms with E-state index in [9.17, 15) is 0 Å². The van der Waals surface area contributed by atoms with Crippen LogP contribution in [-0.2, 0) is 5.41 Å². The molecule has 0 fully saturated rings. The molecule has 2 heterocycles. The summed E-state index contributed by atoms with van der Waals surface area (Å²) < 4.78 is 16.8. The molecular weight excluding hydrogens is 652 g/mol. The first kappa shape index (κ1) is 20.0. The Balaban J connectivity index is 1.87. The van der Waals surface area contributed by atoms with Crippen LogP contribution in [-0.4, -0.2) is 0 Å². The molecule has 4 aromatic carbocycles. The average Bonchev–Trinajstić information content (AvgIpc) is 2.75. The second-order valence-electron chi connectivity index (χ2n) is 7.52. The van der Waals surface area contributed by atoms with E-state index in [1.54, 1.807) is 0 Å². The van der Waals surface area contributed by atoms with Gasteiger partial charge in [-0.15, -0.1) is 0 Å². The highest BCUT2D eigenvalue weighted by Gasteiger charge is 2.51. The fourth-order valence-corrected chi connectivity index (χ4v) is 6.09. The molecule has 0 amide bonds. The van der Waals surface area contributed by atoms with E-state index in [1.165, 1.54) is 0 Å². The highest BCUT2D eigenvalue weighted by Crippen LogP contribution is 2.62. The largest absolute Gasteiger partial charge is 0.457 e. The summed E-state index contributed by atoms with van der Waals surface area (Å²) in [7, 11) is 0. The number of hydrogen-bond acceptors (Lipinski definition) is 2. The first-order chi connectivity index (χ1) is 15.0. The van der Waals surface area contributed by atoms with E-state index in [4.69, 9.17) is 9.47 Å². The van der Waals surface area contributed by atoms with Crippen LogP contribution >= 0.6 is 63.7 Å². The third-order valence-electron chi connectivity index (χ3n) is 5.82. The Morgan fingerprint density at radius 1 is 0.419 bits per heavy atom. The molecule has 0 atom stereocenters. The predicted molar refractivity (Wildman–Crippen MR) is 136 cm³/mol. The minimum Gasteiger partial charge on any atom is -0.457 e. The van der Waals surface area contributed by atoms with Crippen LogP contribution in [0.2, 0.25) is 0 Å². The van der Waals surface area contributed by atoms with Crippen molar-refractivity contribution in [2.24, 2.45) is 0 Å². The normalized spacial score (nSPS) is 14.6. The van der Waals surface area contributed by atoms with Crippen LogP contribution in [0.5, 0.6) is 23.0 Å². The molecule has 2 aliphatic rings. The van der Waals surface area contributed by atoms with Gasteiger partial charge in [0.05, 0.1) is 5.41 Å². The third-order valence-corrected chi connectivity index (χ3v) is 7.80. The fraction of sp³-hybridized carbons (Fsp3) is 0.0400.